The van der Waals surface area contributed by atoms with Crippen LogP contribution in [0.4, 0.5) is 13.2 Å². The van der Waals surface area contributed by atoms with E-state index in [9.17, 15) is 18.0 Å². The van der Waals surface area contributed by atoms with Crippen molar-refractivity contribution < 1.29 is 22.4 Å². The summed E-state index contributed by atoms with van der Waals surface area (Å²) in [5.41, 5.74) is 6.94. The number of carbonyl (C=O) groups is 1. The summed E-state index contributed by atoms with van der Waals surface area (Å²) in [6.45, 7) is 1.97. The van der Waals surface area contributed by atoms with Crippen molar-refractivity contribution in [3.8, 4) is 11.5 Å². The van der Waals surface area contributed by atoms with Gasteiger partial charge in [-0.1, -0.05) is 19.4 Å². The van der Waals surface area contributed by atoms with Crippen molar-refractivity contribution in [1.29, 1.82) is 0 Å². The second kappa shape index (κ2) is 6.82. The molecule has 3 rings (SSSR count). The van der Waals surface area contributed by atoms with Gasteiger partial charge >= 0.3 is 6.18 Å². The van der Waals surface area contributed by atoms with Crippen LogP contribution in [-0.4, -0.2) is 10.9 Å². The molecule has 0 saturated carbocycles. The molecule has 26 heavy (non-hydrogen) atoms. The van der Waals surface area contributed by atoms with Gasteiger partial charge in [0, 0.05) is 5.56 Å². The zero-order valence-electron chi connectivity index (χ0n) is 14.0. The molecule has 0 aliphatic heterocycles. The largest absolute Gasteiger partial charge is 0.436 e. The summed E-state index contributed by atoms with van der Waals surface area (Å²) in [7, 11) is 0. The van der Waals surface area contributed by atoms with Crippen molar-refractivity contribution in [3.05, 3.63) is 53.6 Å². The number of benzene rings is 2. The number of fused-ring (bicyclic) bond motifs is 1. The lowest BCUT2D eigenvalue weighted by atomic mass is 9.94. The van der Waals surface area contributed by atoms with Crippen LogP contribution in [0.1, 0.15) is 36.8 Å². The molecule has 3 aromatic rings. The quantitative estimate of drug-likeness (QED) is 0.703. The third-order valence-corrected chi connectivity index (χ3v) is 4.19. The summed E-state index contributed by atoms with van der Waals surface area (Å²) < 4.78 is 43.6. The van der Waals surface area contributed by atoms with Crippen LogP contribution in [0.3, 0.4) is 0 Å². The molecule has 0 aliphatic rings. The molecule has 0 saturated heterocycles. The number of primary amides is 1. The van der Waals surface area contributed by atoms with Crippen molar-refractivity contribution in [3.63, 3.8) is 0 Å². The van der Waals surface area contributed by atoms with Crippen molar-refractivity contribution in [2.75, 3.05) is 0 Å². The molecule has 4 nitrogen and oxygen atoms in total. The predicted molar refractivity (Wildman–Crippen MR) is 91.3 cm³/mol. The fourth-order valence-corrected chi connectivity index (χ4v) is 2.85. The third-order valence-electron chi connectivity index (χ3n) is 4.19. The minimum absolute atomic E-state index is 0.219. The molecule has 0 spiro atoms. The molecule has 0 radical (unpaired) electrons. The Morgan fingerprint density at radius 1 is 1.19 bits per heavy atom. The number of nitrogens with zero attached hydrogens (tertiary/aromatic N) is 1. The van der Waals surface area contributed by atoms with Crippen molar-refractivity contribution in [2.45, 2.75) is 31.9 Å². The van der Waals surface area contributed by atoms with Crippen LogP contribution in [0.25, 0.3) is 22.6 Å². The van der Waals surface area contributed by atoms with Gasteiger partial charge < -0.3 is 10.2 Å². The summed E-state index contributed by atoms with van der Waals surface area (Å²) >= 11 is 0. The lowest BCUT2D eigenvalue weighted by Gasteiger charge is -2.11. The Bertz CT molecular complexity index is 930. The van der Waals surface area contributed by atoms with Gasteiger partial charge in [0.05, 0.1) is 11.5 Å². The molecule has 0 fully saturated rings. The van der Waals surface area contributed by atoms with E-state index in [4.69, 9.17) is 10.2 Å². The molecule has 136 valence electrons. The number of hydrogen-bond donors (Lipinski definition) is 1. The fraction of sp³-hybridized carbons (Fsp3) is 0.263. The molecular weight excluding hydrogens is 345 g/mol. The Kier molecular flexibility index (Phi) is 4.71. The van der Waals surface area contributed by atoms with E-state index >= 15 is 0 Å². The van der Waals surface area contributed by atoms with Crippen molar-refractivity contribution >= 4 is 17.0 Å². The lowest BCUT2D eigenvalue weighted by Crippen LogP contribution is -2.21. The maximum atomic E-state index is 12.7. The minimum atomic E-state index is -4.39. The van der Waals surface area contributed by atoms with Crippen molar-refractivity contribution in [1.82, 2.24) is 4.98 Å². The standard InChI is InChI=1S/C19H17F3N2O2/c1-2-3-14(17(23)25)12-6-9-16-15(10-12)24-18(26-16)11-4-7-13(8-5-11)19(20,21)22/h4-10,14H,2-3H2,1H3,(H2,23,25). The van der Waals surface area contributed by atoms with E-state index < -0.39 is 23.6 Å². The first kappa shape index (κ1) is 18.0. The molecule has 1 aromatic heterocycles. The Morgan fingerprint density at radius 2 is 1.88 bits per heavy atom. The van der Waals surface area contributed by atoms with Gasteiger partial charge in [0.1, 0.15) is 5.52 Å². The Labute approximate surface area is 147 Å². The molecule has 2 aromatic carbocycles. The highest BCUT2D eigenvalue weighted by molar-refractivity contribution is 5.84. The highest BCUT2D eigenvalue weighted by Gasteiger charge is 2.30. The molecule has 1 amide bonds. The average Bonchev–Trinajstić information content (AvgIpc) is 3.02. The maximum Gasteiger partial charge on any atom is 0.416 e. The molecular formula is C19H17F3N2O2. The molecule has 0 bridgehead atoms. The summed E-state index contributed by atoms with van der Waals surface area (Å²) in [5, 5.41) is 0. The second-order valence-electron chi connectivity index (χ2n) is 6.06. The summed E-state index contributed by atoms with van der Waals surface area (Å²) in [6, 6.07) is 9.79. The van der Waals surface area contributed by atoms with E-state index in [1.807, 2.05) is 6.92 Å². The van der Waals surface area contributed by atoms with Crippen LogP contribution in [0.2, 0.25) is 0 Å². The van der Waals surface area contributed by atoms with Gasteiger partial charge in [-0.3, -0.25) is 4.79 Å². The molecule has 0 aliphatic carbocycles. The van der Waals surface area contributed by atoms with Gasteiger partial charge in [-0.25, -0.2) is 4.98 Å². The average molecular weight is 362 g/mol. The first-order chi connectivity index (χ1) is 12.3. The number of aromatic nitrogens is 1. The monoisotopic (exact) mass is 362 g/mol. The zero-order chi connectivity index (χ0) is 18.9. The van der Waals surface area contributed by atoms with Crippen LogP contribution in [0.5, 0.6) is 0 Å². The first-order valence-electron chi connectivity index (χ1n) is 8.17. The van der Waals surface area contributed by atoms with E-state index in [-0.39, 0.29) is 5.89 Å². The third kappa shape index (κ3) is 3.56. The first-order valence-corrected chi connectivity index (χ1v) is 8.17. The van der Waals surface area contributed by atoms with Gasteiger partial charge in [-0.05, 0) is 48.4 Å². The number of hydrogen-bond acceptors (Lipinski definition) is 3. The Balaban J connectivity index is 1.95. The number of alkyl halides is 3. The van der Waals surface area contributed by atoms with Crippen LogP contribution < -0.4 is 5.73 Å². The summed E-state index contributed by atoms with van der Waals surface area (Å²) in [6.07, 6.45) is -2.95. The molecule has 2 N–H and O–H groups in total. The summed E-state index contributed by atoms with van der Waals surface area (Å²) in [5.74, 6) is -0.592. The highest BCUT2D eigenvalue weighted by Crippen LogP contribution is 2.32. The number of amides is 1. The number of halogens is 3. The van der Waals surface area contributed by atoms with Crippen LogP contribution in [-0.2, 0) is 11.0 Å². The number of nitrogens with two attached hydrogens (primary N) is 1. The minimum Gasteiger partial charge on any atom is -0.436 e. The van der Waals surface area contributed by atoms with Crippen LogP contribution in [0.15, 0.2) is 46.9 Å². The number of carbonyl (C=O) groups excluding carboxylic acids is 1. The van der Waals surface area contributed by atoms with Gasteiger partial charge in [0.25, 0.3) is 0 Å². The molecule has 7 heteroatoms. The van der Waals surface area contributed by atoms with Crippen LogP contribution >= 0.6 is 0 Å². The topological polar surface area (TPSA) is 69.1 Å². The van der Waals surface area contributed by atoms with E-state index in [0.29, 0.717) is 23.1 Å². The van der Waals surface area contributed by atoms with E-state index in [1.54, 1.807) is 18.2 Å². The van der Waals surface area contributed by atoms with E-state index in [1.165, 1.54) is 12.1 Å². The summed E-state index contributed by atoms with van der Waals surface area (Å²) in [4.78, 5) is 16.0. The SMILES string of the molecule is CCCC(C(N)=O)c1ccc2oc(-c3ccc(C(F)(F)F)cc3)nc2c1. The fourth-order valence-electron chi connectivity index (χ4n) is 2.85. The predicted octanol–water partition coefficient (Wildman–Crippen LogP) is 4.88. The van der Waals surface area contributed by atoms with Gasteiger partial charge in [0.2, 0.25) is 11.8 Å². The van der Waals surface area contributed by atoms with E-state index in [0.717, 1.165) is 24.1 Å². The highest BCUT2D eigenvalue weighted by atomic mass is 19.4. The van der Waals surface area contributed by atoms with Crippen LogP contribution in [0, 0.1) is 0 Å². The molecule has 1 heterocycles. The smallest absolute Gasteiger partial charge is 0.416 e. The molecule has 1 atom stereocenters. The normalized spacial score (nSPS) is 13.1. The maximum absolute atomic E-state index is 12.7. The number of rotatable bonds is 5. The van der Waals surface area contributed by atoms with Gasteiger partial charge in [-0.2, -0.15) is 13.2 Å². The van der Waals surface area contributed by atoms with Crippen molar-refractivity contribution in [2.24, 2.45) is 5.73 Å². The second-order valence-corrected chi connectivity index (χ2v) is 6.06. The van der Waals surface area contributed by atoms with Gasteiger partial charge in [0.15, 0.2) is 5.58 Å². The van der Waals surface area contributed by atoms with E-state index in [2.05, 4.69) is 4.98 Å². The lowest BCUT2D eigenvalue weighted by molar-refractivity contribution is -0.137. The van der Waals surface area contributed by atoms with Gasteiger partial charge in [-0.15, -0.1) is 0 Å². The molecule has 1 unspecified atom stereocenters. The number of oxazole rings is 1. The zero-order valence-corrected chi connectivity index (χ0v) is 14.0. The Morgan fingerprint density at radius 3 is 2.46 bits per heavy atom. The Hall–Kier alpha value is -2.83.